The molecular formula is C19H23N3O4S. The second kappa shape index (κ2) is 8.68. The fourth-order valence-corrected chi connectivity index (χ4v) is 3.69. The summed E-state index contributed by atoms with van der Waals surface area (Å²) in [6, 6.07) is 14.8. The summed E-state index contributed by atoms with van der Waals surface area (Å²) in [6.07, 6.45) is 1.06. The summed E-state index contributed by atoms with van der Waals surface area (Å²) in [5, 5.41) is 4.08. The van der Waals surface area contributed by atoms with E-state index in [0.717, 1.165) is 16.1 Å². The molecule has 2 aromatic carbocycles. The molecule has 1 atom stereocenters. The number of methoxy groups -OCH3 is 1. The zero-order chi connectivity index (χ0) is 20.0. The molecule has 0 spiro atoms. The van der Waals surface area contributed by atoms with Gasteiger partial charge in [0.15, 0.2) is 0 Å². The Balaban J connectivity index is 2.22. The normalized spacial score (nSPS) is 13.0. The van der Waals surface area contributed by atoms with Gasteiger partial charge < -0.3 is 4.74 Å². The molecule has 7 nitrogen and oxygen atoms in total. The Morgan fingerprint density at radius 3 is 2.22 bits per heavy atom. The highest BCUT2D eigenvalue weighted by Gasteiger charge is 2.29. The maximum Gasteiger partial charge on any atom is 0.263 e. The minimum absolute atomic E-state index is 0.365. The Kier molecular flexibility index (Phi) is 6.57. The van der Waals surface area contributed by atoms with Crippen LogP contribution in [0.5, 0.6) is 5.75 Å². The Hall–Kier alpha value is -2.87. The summed E-state index contributed by atoms with van der Waals surface area (Å²) in [4.78, 5) is 12.5. The SMILES string of the molecule is COc1ccc(N([C@H](C)C(=O)N/N=C(/C)c2ccccc2)S(C)(=O)=O)cc1. The quantitative estimate of drug-likeness (QED) is 0.582. The van der Waals surface area contributed by atoms with Gasteiger partial charge in [0.25, 0.3) is 5.91 Å². The summed E-state index contributed by atoms with van der Waals surface area (Å²) in [7, 11) is -2.17. The van der Waals surface area contributed by atoms with Gasteiger partial charge in [-0.15, -0.1) is 0 Å². The van der Waals surface area contributed by atoms with E-state index in [1.54, 1.807) is 31.2 Å². The Labute approximate surface area is 159 Å². The maximum absolute atomic E-state index is 12.5. The standard InChI is InChI=1S/C19H23N3O4S/c1-14(16-8-6-5-7-9-16)20-21-19(23)15(2)22(27(4,24)25)17-10-12-18(26-3)13-11-17/h5-13,15H,1-4H3,(H,21,23)/b20-14-/t15-/m1/s1. The Morgan fingerprint density at radius 1 is 1.11 bits per heavy atom. The van der Waals surface area contributed by atoms with E-state index in [2.05, 4.69) is 10.5 Å². The summed E-state index contributed by atoms with van der Waals surface area (Å²) in [6.45, 7) is 3.27. The van der Waals surface area contributed by atoms with E-state index in [1.165, 1.54) is 14.0 Å². The van der Waals surface area contributed by atoms with Crippen molar-refractivity contribution in [2.24, 2.45) is 5.10 Å². The van der Waals surface area contributed by atoms with E-state index < -0.39 is 22.0 Å². The lowest BCUT2D eigenvalue weighted by Crippen LogP contribution is -2.46. The number of anilines is 1. The predicted octanol–water partition coefficient (Wildman–Crippen LogP) is 2.39. The Morgan fingerprint density at radius 2 is 1.70 bits per heavy atom. The highest BCUT2D eigenvalue weighted by molar-refractivity contribution is 7.92. The fraction of sp³-hybridized carbons (Fsp3) is 0.263. The molecular weight excluding hydrogens is 366 g/mol. The average Bonchev–Trinajstić information content (AvgIpc) is 2.66. The van der Waals surface area contributed by atoms with Crippen molar-refractivity contribution in [2.45, 2.75) is 19.9 Å². The molecule has 0 aromatic heterocycles. The molecule has 0 aliphatic carbocycles. The van der Waals surface area contributed by atoms with Crippen molar-refractivity contribution in [3.05, 3.63) is 60.2 Å². The molecule has 0 aliphatic rings. The van der Waals surface area contributed by atoms with Gasteiger partial charge in [-0.25, -0.2) is 13.8 Å². The number of rotatable bonds is 7. The number of hydrogen-bond acceptors (Lipinski definition) is 5. The monoisotopic (exact) mass is 389 g/mol. The molecule has 0 saturated heterocycles. The summed E-state index contributed by atoms with van der Waals surface area (Å²) in [5.41, 5.74) is 4.29. The minimum atomic E-state index is -3.69. The van der Waals surface area contributed by atoms with Crippen molar-refractivity contribution in [1.29, 1.82) is 0 Å². The zero-order valence-electron chi connectivity index (χ0n) is 15.7. The molecule has 0 unspecified atom stereocenters. The van der Waals surface area contributed by atoms with Crippen molar-refractivity contribution in [3.8, 4) is 5.75 Å². The fourth-order valence-electron chi connectivity index (χ4n) is 2.51. The number of ether oxygens (including phenoxy) is 1. The molecule has 27 heavy (non-hydrogen) atoms. The van der Waals surface area contributed by atoms with E-state index in [9.17, 15) is 13.2 Å². The zero-order valence-corrected chi connectivity index (χ0v) is 16.5. The predicted molar refractivity (Wildman–Crippen MR) is 107 cm³/mol. The van der Waals surface area contributed by atoms with Crippen LogP contribution in [0.25, 0.3) is 0 Å². The number of carbonyl (C=O) groups is 1. The first-order valence-corrected chi connectivity index (χ1v) is 10.1. The van der Waals surface area contributed by atoms with Crippen LogP contribution in [-0.2, 0) is 14.8 Å². The molecule has 1 amide bonds. The molecule has 0 radical (unpaired) electrons. The molecule has 144 valence electrons. The van der Waals surface area contributed by atoms with Crippen molar-refractivity contribution in [1.82, 2.24) is 5.43 Å². The van der Waals surface area contributed by atoms with Gasteiger partial charge in [-0.1, -0.05) is 30.3 Å². The second-order valence-corrected chi connectivity index (χ2v) is 7.83. The molecule has 8 heteroatoms. The van der Waals surface area contributed by atoms with Crippen LogP contribution in [0.2, 0.25) is 0 Å². The number of benzene rings is 2. The van der Waals surface area contributed by atoms with Crippen LogP contribution in [0.3, 0.4) is 0 Å². The second-order valence-electron chi connectivity index (χ2n) is 5.97. The van der Waals surface area contributed by atoms with Crippen LogP contribution in [-0.4, -0.2) is 39.4 Å². The molecule has 0 heterocycles. The maximum atomic E-state index is 12.5. The lowest BCUT2D eigenvalue weighted by Gasteiger charge is -2.27. The van der Waals surface area contributed by atoms with Crippen molar-refractivity contribution < 1.29 is 17.9 Å². The van der Waals surface area contributed by atoms with E-state index in [-0.39, 0.29) is 0 Å². The van der Waals surface area contributed by atoms with Gasteiger partial charge in [-0.3, -0.25) is 9.10 Å². The van der Waals surface area contributed by atoms with Crippen molar-refractivity contribution in [3.63, 3.8) is 0 Å². The molecule has 2 rings (SSSR count). The number of amides is 1. The minimum Gasteiger partial charge on any atom is -0.497 e. The average molecular weight is 389 g/mol. The number of hydrogen-bond donors (Lipinski definition) is 1. The number of hydrazone groups is 1. The first-order valence-electron chi connectivity index (χ1n) is 8.27. The van der Waals surface area contributed by atoms with E-state index in [4.69, 9.17) is 4.74 Å². The molecule has 0 saturated carbocycles. The molecule has 0 fully saturated rings. The van der Waals surface area contributed by atoms with Crippen LogP contribution >= 0.6 is 0 Å². The molecule has 0 aliphatic heterocycles. The van der Waals surface area contributed by atoms with E-state index in [0.29, 0.717) is 17.1 Å². The highest BCUT2D eigenvalue weighted by Crippen LogP contribution is 2.23. The van der Waals surface area contributed by atoms with Crippen LogP contribution in [0.15, 0.2) is 59.7 Å². The van der Waals surface area contributed by atoms with Gasteiger partial charge in [-0.2, -0.15) is 5.10 Å². The molecule has 1 N–H and O–H groups in total. The smallest absolute Gasteiger partial charge is 0.263 e. The van der Waals surface area contributed by atoms with Crippen LogP contribution in [0.1, 0.15) is 19.4 Å². The lowest BCUT2D eigenvalue weighted by atomic mass is 10.1. The third-order valence-corrected chi connectivity index (χ3v) is 5.18. The summed E-state index contributed by atoms with van der Waals surface area (Å²) < 4.78 is 30.7. The molecule has 0 bridgehead atoms. The first-order chi connectivity index (χ1) is 12.7. The summed E-state index contributed by atoms with van der Waals surface area (Å²) >= 11 is 0. The van der Waals surface area contributed by atoms with Crippen molar-refractivity contribution in [2.75, 3.05) is 17.7 Å². The van der Waals surface area contributed by atoms with Gasteiger partial charge in [0.1, 0.15) is 11.8 Å². The van der Waals surface area contributed by atoms with Gasteiger partial charge >= 0.3 is 0 Å². The van der Waals surface area contributed by atoms with Gasteiger partial charge in [-0.05, 0) is 43.7 Å². The third-order valence-electron chi connectivity index (χ3n) is 3.94. The third kappa shape index (κ3) is 5.30. The van der Waals surface area contributed by atoms with E-state index >= 15 is 0 Å². The summed E-state index contributed by atoms with van der Waals surface area (Å²) in [5.74, 6) is 0.0546. The largest absolute Gasteiger partial charge is 0.497 e. The van der Waals surface area contributed by atoms with E-state index in [1.807, 2.05) is 30.3 Å². The first kappa shape index (κ1) is 20.4. The van der Waals surface area contributed by atoms with Gasteiger partial charge in [0, 0.05) is 0 Å². The topological polar surface area (TPSA) is 88.1 Å². The van der Waals surface area contributed by atoms with Gasteiger partial charge in [0.05, 0.1) is 24.8 Å². The van der Waals surface area contributed by atoms with Crippen LogP contribution in [0, 0.1) is 0 Å². The Bertz CT molecular complexity index is 910. The van der Waals surface area contributed by atoms with Crippen LogP contribution in [0.4, 0.5) is 5.69 Å². The lowest BCUT2D eigenvalue weighted by molar-refractivity contribution is -0.121. The van der Waals surface area contributed by atoms with Gasteiger partial charge in [0.2, 0.25) is 10.0 Å². The number of nitrogens with zero attached hydrogens (tertiary/aromatic N) is 2. The number of sulfonamides is 1. The number of carbonyl (C=O) groups excluding carboxylic acids is 1. The number of nitrogens with one attached hydrogen (secondary N) is 1. The molecule has 2 aromatic rings. The highest BCUT2D eigenvalue weighted by atomic mass is 32.2. The van der Waals surface area contributed by atoms with Crippen LogP contribution < -0.4 is 14.5 Å². The van der Waals surface area contributed by atoms with Crippen molar-refractivity contribution >= 4 is 27.3 Å².